The van der Waals surface area contributed by atoms with Gasteiger partial charge in [0, 0.05) is 29.4 Å². The predicted octanol–water partition coefficient (Wildman–Crippen LogP) is 5.05. The molecule has 29 heavy (non-hydrogen) atoms. The van der Waals surface area contributed by atoms with Crippen LogP contribution in [0.1, 0.15) is 32.3 Å². The number of nitrogens with one attached hydrogen (secondary N) is 3. The van der Waals surface area contributed by atoms with Gasteiger partial charge in [-0.3, -0.25) is 0 Å². The molecule has 0 saturated carbocycles. The van der Waals surface area contributed by atoms with Crippen LogP contribution >= 0.6 is 0 Å². The van der Waals surface area contributed by atoms with Gasteiger partial charge in [-0.25, -0.2) is 9.78 Å². The molecule has 0 aliphatic rings. The Kier molecular flexibility index (Phi) is 7.71. The molecule has 0 saturated heterocycles. The van der Waals surface area contributed by atoms with E-state index >= 15 is 0 Å². The molecule has 0 aliphatic carbocycles. The van der Waals surface area contributed by atoms with Gasteiger partial charge in [0.25, 0.3) is 0 Å². The number of methoxy groups -OCH3 is 1. The van der Waals surface area contributed by atoms with Gasteiger partial charge >= 0.3 is 5.97 Å². The van der Waals surface area contributed by atoms with E-state index in [0.29, 0.717) is 35.5 Å². The van der Waals surface area contributed by atoms with Crippen LogP contribution in [0.3, 0.4) is 0 Å². The molecule has 0 aliphatic heterocycles. The Bertz CT molecular complexity index is 990. The molecule has 2 aromatic rings. The van der Waals surface area contributed by atoms with Crippen molar-refractivity contribution in [2.24, 2.45) is 0 Å². The van der Waals surface area contributed by atoms with E-state index in [9.17, 15) is 4.79 Å². The van der Waals surface area contributed by atoms with Crippen LogP contribution in [0, 0.1) is 5.41 Å². The molecular weight excluding hydrogens is 364 g/mol. The van der Waals surface area contributed by atoms with Gasteiger partial charge in [-0.2, -0.15) is 0 Å². The van der Waals surface area contributed by atoms with Gasteiger partial charge in [-0.05, 0) is 38.0 Å². The van der Waals surface area contributed by atoms with Crippen LogP contribution in [-0.4, -0.2) is 30.8 Å². The normalized spacial score (nSPS) is 11.9. The molecule has 6 heteroatoms. The lowest BCUT2D eigenvalue weighted by Gasteiger charge is -2.19. The maximum absolute atomic E-state index is 11.9. The van der Waals surface area contributed by atoms with Crippen LogP contribution < -0.4 is 10.6 Å². The van der Waals surface area contributed by atoms with Crippen molar-refractivity contribution >= 4 is 34.1 Å². The van der Waals surface area contributed by atoms with Crippen LogP contribution in [0.2, 0.25) is 0 Å². The van der Waals surface area contributed by atoms with Crippen molar-refractivity contribution in [2.45, 2.75) is 26.7 Å². The Labute approximate surface area is 171 Å². The molecule has 0 unspecified atom stereocenters. The minimum absolute atomic E-state index is 0.376. The summed E-state index contributed by atoms with van der Waals surface area (Å²) in [5, 5.41) is 15.8. The fraction of sp³-hybridized carbons (Fsp3) is 0.261. The Morgan fingerprint density at radius 2 is 2.03 bits per heavy atom. The lowest BCUT2D eigenvalue weighted by atomic mass is 10.0. The second kappa shape index (κ2) is 10.2. The van der Waals surface area contributed by atoms with E-state index in [1.165, 1.54) is 7.11 Å². The van der Waals surface area contributed by atoms with E-state index in [4.69, 9.17) is 10.1 Å². The van der Waals surface area contributed by atoms with Crippen LogP contribution in [0.5, 0.6) is 0 Å². The zero-order valence-corrected chi connectivity index (χ0v) is 17.4. The number of nitrogens with zero attached hydrogens (tertiary/aromatic N) is 1. The highest BCUT2D eigenvalue weighted by molar-refractivity contribution is 6.12. The summed E-state index contributed by atoms with van der Waals surface area (Å²) >= 11 is 0. The van der Waals surface area contributed by atoms with Gasteiger partial charge in [-0.1, -0.05) is 31.2 Å². The maximum atomic E-state index is 11.9. The molecular formula is C23H28N4O2. The van der Waals surface area contributed by atoms with Gasteiger partial charge in [0.1, 0.15) is 5.82 Å². The molecule has 0 amide bonds. The standard InChI is InChI=1S/C23H28N4O2/c1-6-10-16(23(28)29-5)13-14-17(7-2)26-21-18-11-8-9-12-19(18)27-22(25-4)20(21)15(3)24/h6,8-9,11-14,24H,1,7,10H2,2-5H3,(H2,25,26,27)/b16-13+,17-14+,24-15?. The third kappa shape index (κ3) is 5.10. The molecule has 0 radical (unpaired) electrons. The summed E-state index contributed by atoms with van der Waals surface area (Å²) in [5.41, 5.74) is 4.19. The first kappa shape index (κ1) is 21.9. The third-order valence-corrected chi connectivity index (χ3v) is 4.47. The number of rotatable bonds is 9. The number of carbonyl (C=O) groups excluding carboxylic acids is 1. The molecule has 0 fully saturated rings. The van der Waals surface area contributed by atoms with Crippen LogP contribution in [0.25, 0.3) is 10.9 Å². The number of allylic oxidation sites excluding steroid dienone is 4. The van der Waals surface area contributed by atoms with Crippen LogP contribution in [0.4, 0.5) is 11.5 Å². The molecule has 0 spiro atoms. The first-order valence-corrected chi connectivity index (χ1v) is 9.48. The van der Waals surface area contributed by atoms with Gasteiger partial charge in [0.15, 0.2) is 0 Å². The molecule has 6 nitrogen and oxygen atoms in total. The van der Waals surface area contributed by atoms with Gasteiger partial charge in [0.05, 0.1) is 23.9 Å². The zero-order chi connectivity index (χ0) is 21.4. The van der Waals surface area contributed by atoms with Crippen molar-refractivity contribution in [3.05, 3.63) is 65.9 Å². The minimum Gasteiger partial charge on any atom is -0.466 e. The highest BCUT2D eigenvalue weighted by Crippen LogP contribution is 2.33. The van der Waals surface area contributed by atoms with E-state index in [1.807, 2.05) is 37.3 Å². The first-order chi connectivity index (χ1) is 14.0. The van der Waals surface area contributed by atoms with Crippen LogP contribution in [0.15, 0.2) is 60.3 Å². The third-order valence-electron chi connectivity index (χ3n) is 4.47. The fourth-order valence-corrected chi connectivity index (χ4v) is 3.00. The zero-order valence-electron chi connectivity index (χ0n) is 17.4. The number of carbonyl (C=O) groups is 1. The Hall–Kier alpha value is -3.41. The summed E-state index contributed by atoms with van der Waals surface area (Å²) < 4.78 is 4.84. The van der Waals surface area contributed by atoms with Gasteiger partial charge in [0.2, 0.25) is 0 Å². The molecule has 152 valence electrons. The van der Waals surface area contributed by atoms with Gasteiger partial charge < -0.3 is 20.8 Å². The van der Waals surface area contributed by atoms with Gasteiger partial charge in [-0.15, -0.1) is 6.58 Å². The molecule has 3 N–H and O–H groups in total. The van der Waals surface area contributed by atoms with Crippen molar-refractivity contribution < 1.29 is 9.53 Å². The summed E-state index contributed by atoms with van der Waals surface area (Å²) in [5.74, 6) is 0.270. The van der Waals surface area contributed by atoms with E-state index in [0.717, 1.165) is 22.3 Å². The largest absolute Gasteiger partial charge is 0.466 e. The van der Waals surface area contributed by atoms with Crippen molar-refractivity contribution in [3.8, 4) is 0 Å². The Morgan fingerprint density at radius 1 is 1.31 bits per heavy atom. The highest BCUT2D eigenvalue weighted by Gasteiger charge is 2.16. The Morgan fingerprint density at radius 3 is 2.62 bits per heavy atom. The molecule has 1 heterocycles. The number of pyridine rings is 1. The number of hydrogen-bond acceptors (Lipinski definition) is 6. The number of para-hydroxylation sites is 1. The molecule has 0 bridgehead atoms. The Balaban J connectivity index is 2.60. The molecule has 1 aromatic carbocycles. The van der Waals surface area contributed by atoms with Crippen molar-refractivity contribution in [1.82, 2.24) is 4.98 Å². The molecule has 0 atom stereocenters. The second-order valence-electron chi connectivity index (χ2n) is 6.45. The average molecular weight is 393 g/mol. The van der Waals surface area contributed by atoms with E-state index in [1.54, 1.807) is 26.1 Å². The van der Waals surface area contributed by atoms with Crippen molar-refractivity contribution in [3.63, 3.8) is 0 Å². The van der Waals surface area contributed by atoms with E-state index in [2.05, 4.69) is 22.2 Å². The topological polar surface area (TPSA) is 87.1 Å². The summed E-state index contributed by atoms with van der Waals surface area (Å²) in [4.78, 5) is 16.6. The second-order valence-corrected chi connectivity index (χ2v) is 6.45. The highest BCUT2D eigenvalue weighted by atomic mass is 16.5. The molecule has 1 aromatic heterocycles. The maximum Gasteiger partial charge on any atom is 0.334 e. The van der Waals surface area contributed by atoms with Crippen LogP contribution in [-0.2, 0) is 9.53 Å². The number of aromatic nitrogens is 1. The lowest BCUT2D eigenvalue weighted by Crippen LogP contribution is -2.10. The monoisotopic (exact) mass is 392 g/mol. The number of anilines is 2. The molecule has 2 rings (SSSR count). The van der Waals surface area contributed by atoms with E-state index in [-0.39, 0.29) is 5.97 Å². The fourth-order valence-electron chi connectivity index (χ4n) is 3.00. The number of ether oxygens (including phenoxy) is 1. The quantitative estimate of drug-likeness (QED) is 0.183. The van der Waals surface area contributed by atoms with E-state index < -0.39 is 0 Å². The predicted molar refractivity (Wildman–Crippen MR) is 121 cm³/mol. The number of fused-ring (bicyclic) bond motifs is 1. The summed E-state index contributed by atoms with van der Waals surface area (Å²) in [6.07, 6.45) is 6.42. The summed E-state index contributed by atoms with van der Waals surface area (Å²) in [6.45, 7) is 7.46. The number of hydrogen-bond donors (Lipinski definition) is 3. The summed E-state index contributed by atoms with van der Waals surface area (Å²) in [6, 6.07) is 7.81. The lowest BCUT2D eigenvalue weighted by molar-refractivity contribution is -0.136. The van der Waals surface area contributed by atoms with Crippen molar-refractivity contribution in [1.29, 1.82) is 5.41 Å². The first-order valence-electron chi connectivity index (χ1n) is 9.48. The SMILES string of the molecule is C=CC/C(=C\C=C(/CC)Nc1c(C(C)=N)c(NC)nc2ccccc12)C(=O)OC. The number of esters is 1. The summed E-state index contributed by atoms with van der Waals surface area (Å²) in [7, 11) is 3.16. The number of benzene rings is 1. The smallest absolute Gasteiger partial charge is 0.334 e. The van der Waals surface area contributed by atoms with Crippen molar-refractivity contribution in [2.75, 3.05) is 24.8 Å². The average Bonchev–Trinajstić information content (AvgIpc) is 2.73. The minimum atomic E-state index is -0.376.